The van der Waals surface area contributed by atoms with Gasteiger partial charge in [-0.2, -0.15) is 0 Å². The smallest absolute Gasteiger partial charge is 0.252 e. The number of hydrogen-bond donors (Lipinski definition) is 0. The van der Waals surface area contributed by atoms with Gasteiger partial charge in [-0.15, -0.1) is 0 Å². The van der Waals surface area contributed by atoms with Crippen molar-refractivity contribution in [2.45, 2.75) is 38.5 Å². The highest BCUT2D eigenvalue weighted by atomic mass is 15.1. The third kappa shape index (κ3) is 5.84. The molecule has 0 saturated heterocycles. The molecule has 16 rings (SSSR count). The number of para-hydroxylation sites is 4. The summed E-state index contributed by atoms with van der Waals surface area (Å²) >= 11 is 0. The van der Waals surface area contributed by atoms with Crippen LogP contribution in [0, 0.1) is 0 Å². The van der Waals surface area contributed by atoms with Crippen LogP contribution in [0.25, 0.3) is 87.3 Å². The van der Waals surface area contributed by atoms with Gasteiger partial charge < -0.3 is 14.0 Å². The number of hydrogen-bond acceptors (Lipinski definition) is 1. The largest absolute Gasteiger partial charge is 0.310 e. The van der Waals surface area contributed by atoms with Crippen LogP contribution < -0.4 is 21.3 Å². The van der Waals surface area contributed by atoms with Gasteiger partial charge in [0.05, 0.1) is 16.7 Å². The molecular weight excluding hydrogens is 918 g/mol. The molecule has 14 aromatic rings. The molecule has 2 aliphatic rings. The van der Waals surface area contributed by atoms with Crippen molar-refractivity contribution in [3.63, 3.8) is 0 Å². The summed E-state index contributed by atoms with van der Waals surface area (Å²) in [6.07, 6.45) is 0. The van der Waals surface area contributed by atoms with Crippen molar-refractivity contribution in [1.82, 2.24) is 9.13 Å². The van der Waals surface area contributed by atoms with Gasteiger partial charge >= 0.3 is 0 Å². The van der Waals surface area contributed by atoms with Crippen molar-refractivity contribution < 1.29 is 0 Å². The van der Waals surface area contributed by atoms with E-state index in [1.165, 1.54) is 126 Å². The summed E-state index contributed by atoms with van der Waals surface area (Å²) in [5.41, 5.74) is 19.9. The van der Waals surface area contributed by atoms with E-state index in [1.54, 1.807) is 0 Å². The highest BCUT2D eigenvalue weighted by molar-refractivity contribution is 7.00. The fourth-order valence-electron chi connectivity index (χ4n) is 14.0. The molecule has 3 nitrogen and oxygen atoms in total. The molecule has 0 spiro atoms. The Hall–Kier alpha value is -9.12. The number of fused-ring (bicyclic) bond motifs is 17. The Bertz CT molecular complexity index is 4640. The van der Waals surface area contributed by atoms with Gasteiger partial charge in [0.1, 0.15) is 0 Å². The third-order valence-corrected chi connectivity index (χ3v) is 17.9. The summed E-state index contributed by atoms with van der Waals surface area (Å²) in [5, 5.41) is 12.7. The van der Waals surface area contributed by atoms with E-state index in [9.17, 15) is 0 Å². The third-order valence-electron chi connectivity index (χ3n) is 17.9. The van der Waals surface area contributed by atoms with Gasteiger partial charge in [0.25, 0.3) is 6.71 Å². The minimum Gasteiger partial charge on any atom is -0.310 e. The average molecular weight is 970 g/mol. The first-order chi connectivity index (χ1) is 37.3. The second-order valence-electron chi connectivity index (χ2n) is 22.4. The zero-order valence-electron chi connectivity index (χ0n) is 43.0. The molecule has 0 saturated carbocycles. The molecule has 0 fully saturated rings. The Morgan fingerprint density at radius 1 is 0.329 bits per heavy atom. The van der Waals surface area contributed by atoms with E-state index in [0.29, 0.717) is 0 Å². The summed E-state index contributed by atoms with van der Waals surface area (Å²) in [6, 6.07) is 91.4. The average Bonchev–Trinajstić information content (AvgIpc) is 4.15. The first kappa shape index (κ1) is 43.3. The topological polar surface area (TPSA) is 13.1 Å². The van der Waals surface area contributed by atoms with E-state index in [0.717, 1.165) is 17.1 Å². The minimum atomic E-state index is -0.168. The molecule has 0 radical (unpaired) electrons. The van der Waals surface area contributed by atoms with Crippen molar-refractivity contribution in [2.75, 3.05) is 4.90 Å². The number of aromatic nitrogens is 2. The molecule has 0 unspecified atom stereocenters. The van der Waals surface area contributed by atoms with Gasteiger partial charge in [-0.3, -0.25) is 0 Å². The van der Waals surface area contributed by atoms with Crippen LogP contribution in [0.3, 0.4) is 0 Å². The molecule has 12 aromatic carbocycles. The Labute approximate surface area is 442 Å². The summed E-state index contributed by atoms with van der Waals surface area (Å²) in [6.45, 7) is 9.36. The number of rotatable bonds is 7. The Kier molecular flexibility index (Phi) is 8.95. The predicted octanol–water partition coefficient (Wildman–Crippen LogP) is 16.6. The fraction of sp³-hybridized carbons (Fsp3) is 0.0833. The van der Waals surface area contributed by atoms with Crippen molar-refractivity contribution in [2.24, 2.45) is 0 Å². The van der Waals surface area contributed by atoms with Crippen molar-refractivity contribution >= 4 is 116 Å². The maximum absolute atomic E-state index is 2.65. The van der Waals surface area contributed by atoms with Crippen LogP contribution in [0.1, 0.15) is 49.9 Å². The molecule has 0 atom stereocenters. The standard InChI is InChI=1S/C72H52BN3/c1-71(2,45-19-7-5-8-20-45)47-33-37-49(38-34-47)74(50-39-35-48(36-40-50)72(3,4)46-21-9-6-10-22-46)51-41-42-53-59(43-51)52-23-11-12-26-56(52)66-60(53)44-65-67-70(66)76-64-32-16-14-25-55(64)58-28-18-30-62(69(58)76)73(67)61-29-17-27-57-54-24-13-15-31-63(54)75(65)68(57)61/h5-44H,1-4H3. The van der Waals surface area contributed by atoms with Crippen LogP contribution in [0.4, 0.5) is 17.1 Å². The zero-order valence-corrected chi connectivity index (χ0v) is 43.0. The monoisotopic (exact) mass is 969 g/mol. The van der Waals surface area contributed by atoms with Gasteiger partial charge in [0, 0.05) is 71.5 Å². The summed E-state index contributed by atoms with van der Waals surface area (Å²) in [7, 11) is 0. The molecule has 0 aliphatic carbocycles. The lowest BCUT2D eigenvalue weighted by atomic mass is 9.34. The lowest BCUT2D eigenvalue weighted by molar-refractivity contribution is 0.641. The lowest BCUT2D eigenvalue weighted by Crippen LogP contribution is -2.59. The van der Waals surface area contributed by atoms with Crippen LogP contribution in [0.2, 0.25) is 0 Å². The molecule has 2 aliphatic heterocycles. The molecule has 0 amide bonds. The molecule has 4 heterocycles. The molecule has 0 bridgehead atoms. The maximum atomic E-state index is 2.65. The van der Waals surface area contributed by atoms with E-state index in [-0.39, 0.29) is 17.5 Å². The quantitative estimate of drug-likeness (QED) is 0.115. The van der Waals surface area contributed by atoms with Gasteiger partial charge in [0.2, 0.25) is 0 Å². The van der Waals surface area contributed by atoms with Crippen LogP contribution in [-0.2, 0) is 10.8 Å². The van der Waals surface area contributed by atoms with E-state index in [2.05, 4.69) is 284 Å². The Balaban J connectivity index is 0.976. The predicted molar refractivity (Wildman–Crippen MR) is 324 cm³/mol. The maximum Gasteiger partial charge on any atom is 0.252 e. The number of nitrogens with zero attached hydrogens (tertiary/aromatic N) is 3. The number of anilines is 3. The van der Waals surface area contributed by atoms with Gasteiger partial charge in [-0.25, -0.2) is 0 Å². The van der Waals surface area contributed by atoms with Crippen molar-refractivity contribution in [1.29, 1.82) is 0 Å². The van der Waals surface area contributed by atoms with E-state index in [1.807, 2.05) is 0 Å². The molecule has 4 heteroatoms. The Morgan fingerprint density at radius 3 is 1.33 bits per heavy atom. The second kappa shape index (κ2) is 15.7. The molecule has 0 N–H and O–H groups in total. The highest BCUT2D eigenvalue weighted by Gasteiger charge is 2.42. The summed E-state index contributed by atoms with van der Waals surface area (Å²) < 4.78 is 5.25. The van der Waals surface area contributed by atoms with Crippen LogP contribution in [-0.4, -0.2) is 15.8 Å². The van der Waals surface area contributed by atoms with Crippen LogP contribution >= 0.6 is 0 Å². The minimum absolute atomic E-state index is 0.0510. The first-order valence-corrected chi connectivity index (χ1v) is 26.9. The molecular formula is C72H52BN3. The molecule has 2 aromatic heterocycles. The van der Waals surface area contributed by atoms with E-state index < -0.39 is 0 Å². The van der Waals surface area contributed by atoms with Gasteiger partial charge in [0.15, 0.2) is 0 Å². The highest BCUT2D eigenvalue weighted by Crippen LogP contribution is 2.48. The molecule has 76 heavy (non-hydrogen) atoms. The fourth-order valence-corrected chi connectivity index (χ4v) is 14.0. The van der Waals surface area contributed by atoms with E-state index in [4.69, 9.17) is 0 Å². The number of benzene rings is 12. The normalized spacial score (nSPS) is 13.0. The zero-order chi connectivity index (χ0) is 50.6. The second-order valence-corrected chi connectivity index (χ2v) is 22.4. The summed E-state index contributed by atoms with van der Waals surface area (Å²) in [5.74, 6) is 0. The summed E-state index contributed by atoms with van der Waals surface area (Å²) in [4.78, 5) is 2.46. The first-order valence-electron chi connectivity index (χ1n) is 26.9. The van der Waals surface area contributed by atoms with Crippen molar-refractivity contribution in [3.8, 4) is 11.4 Å². The van der Waals surface area contributed by atoms with Crippen molar-refractivity contribution in [3.05, 3.63) is 265 Å². The van der Waals surface area contributed by atoms with Crippen LogP contribution in [0.15, 0.2) is 243 Å². The van der Waals surface area contributed by atoms with Crippen LogP contribution in [0.5, 0.6) is 0 Å². The lowest BCUT2D eigenvalue weighted by Gasteiger charge is -2.35. The Morgan fingerprint density at radius 2 is 0.763 bits per heavy atom. The molecule has 358 valence electrons. The van der Waals surface area contributed by atoms with Gasteiger partial charge in [-0.05, 0) is 120 Å². The van der Waals surface area contributed by atoms with Gasteiger partial charge in [-0.1, -0.05) is 216 Å². The van der Waals surface area contributed by atoms with E-state index >= 15 is 0 Å². The SMILES string of the molecule is CC(C)(c1ccccc1)c1ccc(N(c2ccc(C(C)(C)c3ccccc3)cc2)c2ccc3c(c2)c2ccccc2c2c4c5c(cc32)-n2c3ccccc3c3cccc(c32)B5c2cccc3c5ccccc5n-4c23)cc1.